The number of rotatable bonds is 5. The molecule has 2 aliphatic rings. The van der Waals surface area contributed by atoms with Gasteiger partial charge in [-0.15, -0.1) is 0 Å². The van der Waals surface area contributed by atoms with Crippen LogP contribution in [-0.2, 0) is 4.74 Å². The van der Waals surface area contributed by atoms with E-state index >= 15 is 0 Å². The second kappa shape index (κ2) is 6.72. The summed E-state index contributed by atoms with van der Waals surface area (Å²) in [7, 11) is 0. The molecule has 100 valence electrons. The highest BCUT2D eigenvalue weighted by atomic mass is 16.5. The van der Waals surface area contributed by atoms with Crippen LogP contribution < -0.4 is 5.32 Å². The lowest BCUT2D eigenvalue weighted by atomic mass is 9.89. The van der Waals surface area contributed by atoms with Crippen LogP contribution in [0.3, 0.4) is 0 Å². The predicted molar refractivity (Wildman–Crippen MR) is 71.3 cm³/mol. The zero-order valence-corrected chi connectivity index (χ0v) is 11.5. The van der Waals surface area contributed by atoms with Gasteiger partial charge in [-0.3, -0.25) is 4.90 Å². The van der Waals surface area contributed by atoms with Crippen molar-refractivity contribution >= 4 is 0 Å². The topological polar surface area (TPSA) is 24.5 Å². The highest BCUT2D eigenvalue weighted by Gasteiger charge is 2.34. The fraction of sp³-hybridized carbons (Fsp3) is 1.00. The van der Waals surface area contributed by atoms with Crippen LogP contribution in [0.1, 0.15) is 39.5 Å². The second-order valence-corrected chi connectivity index (χ2v) is 5.67. The number of hydrogen-bond acceptors (Lipinski definition) is 3. The van der Waals surface area contributed by atoms with Gasteiger partial charge in [0.1, 0.15) is 0 Å². The Labute approximate surface area is 106 Å². The molecule has 3 atom stereocenters. The van der Waals surface area contributed by atoms with Gasteiger partial charge in [-0.25, -0.2) is 0 Å². The maximum Gasteiger partial charge on any atom is 0.0730 e. The maximum absolute atomic E-state index is 5.92. The molecule has 3 nitrogen and oxygen atoms in total. The summed E-state index contributed by atoms with van der Waals surface area (Å²) in [5.41, 5.74) is 0. The number of fused-ring (bicyclic) bond motifs is 1. The zero-order chi connectivity index (χ0) is 12.1. The number of morpholine rings is 1. The quantitative estimate of drug-likeness (QED) is 0.794. The summed E-state index contributed by atoms with van der Waals surface area (Å²) >= 11 is 0. The van der Waals surface area contributed by atoms with Gasteiger partial charge in [-0.05, 0) is 31.8 Å². The number of ether oxygens (including phenoxy) is 1. The van der Waals surface area contributed by atoms with E-state index in [0.717, 1.165) is 32.2 Å². The number of nitrogens with zero attached hydrogens (tertiary/aromatic N) is 1. The lowest BCUT2D eigenvalue weighted by Gasteiger charge is -2.44. The average molecular weight is 240 g/mol. The van der Waals surface area contributed by atoms with Gasteiger partial charge in [0.15, 0.2) is 0 Å². The fourth-order valence-electron chi connectivity index (χ4n) is 3.26. The molecule has 1 saturated carbocycles. The summed E-state index contributed by atoms with van der Waals surface area (Å²) in [6.07, 6.45) is 5.91. The van der Waals surface area contributed by atoms with Gasteiger partial charge in [0.05, 0.1) is 12.7 Å². The molecular formula is C14H28N2O. The molecule has 1 aliphatic heterocycles. The van der Waals surface area contributed by atoms with Crippen LogP contribution >= 0.6 is 0 Å². The van der Waals surface area contributed by atoms with E-state index in [1.165, 1.54) is 32.2 Å². The minimum atomic E-state index is 0.531. The summed E-state index contributed by atoms with van der Waals surface area (Å²) in [6.45, 7) is 10.1. The minimum Gasteiger partial charge on any atom is -0.375 e. The average Bonchev–Trinajstić information content (AvgIpc) is 2.37. The fourth-order valence-corrected chi connectivity index (χ4v) is 3.26. The van der Waals surface area contributed by atoms with E-state index in [-0.39, 0.29) is 0 Å². The van der Waals surface area contributed by atoms with E-state index < -0.39 is 0 Å². The first-order valence-corrected chi connectivity index (χ1v) is 7.37. The first-order valence-electron chi connectivity index (χ1n) is 7.37. The molecule has 3 heteroatoms. The lowest BCUT2D eigenvalue weighted by Crippen LogP contribution is -2.54. The summed E-state index contributed by atoms with van der Waals surface area (Å²) < 4.78 is 5.92. The minimum absolute atomic E-state index is 0.531. The molecule has 0 aromatic rings. The van der Waals surface area contributed by atoms with Crippen LogP contribution in [0.2, 0.25) is 0 Å². The van der Waals surface area contributed by atoms with Gasteiger partial charge in [0.25, 0.3) is 0 Å². The first-order chi connectivity index (χ1) is 8.31. The van der Waals surface area contributed by atoms with Crippen molar-refractivity contribution in [1.82, 2.24) is 10.2 Å². The zero-order valence-electron chi connectivity index (χ0n) is 11.5. The molecule has 1 saturated heterocycles. The van der Waals surface area contributed by atoms with Crippen molar-refractivity contribution in [2.75, 3.05) is 32.8 Å². The van der Waals surface area contributed by atoms with E-state index in [2.05, 4.69) is 24.1 Å². The summed E-state index contributed by atoms with van der Waals surface area (Å²) in [5, 5.41) is 3.45. The van der Waals surface area contributed by atoms with Gasteiger partial charge in [0.2, 0.25) is 0 Å². The lowest BCUT2D eigenvalue weighted by molar-refractivity contribution is -0.0913. The normalized spacial score (nSPS) is 32.1. The second-order valence-electron chi connectivity index (χ2n) is 5.67. The van der Waals surface area contributed by atoms with Crippen molar-refractivity contribution in [3.05, 3.63) is 0 Å². The third-order valence-corrected chi connectivity index (χ3v) is 4.14. The molecule has 17 heavy (non-hydrogen) atoms. The number of hydrogen-bond donors (Lipinski definition) is 1. The van der Waals surface area contributed by atoms with Crippen LogP contribution in [-0.4, -0.2) is 49.8 Å². The van der Waals surface area contributed by atoms with E-state index in [4.69, 9.17) is 4.74 Å². The van der Waals surface area contributed by atoms with Gasteiger partial charge in [0, 0.05) is 19.1 Å². The first kappa shape index (κ1) is 13.3. The number of nitrogens with one attached hydrogen (secondary N) is 1. The third kappa shape index (κ3) is 3.67. The smallest absolute Gasteiger partial charge is 0.0730 e. The van der Waals surface area contributed by atoms with E-state index in [0.29, 0.717) is 12.1 Å². The molecule has 0 spiro atoms. The molecule has 0 aromatic carbocycles. The molecule has 1 aliphatic carbocycles. The van der Waals surface area contributed by atoms with E-state index in [9.17, 15) is 0 Å². The molecular weight excluding hydrogens is 212 g/mol. The van der Waals surface area contributed by atoms with Crippen molar-refractivity contribution in [2.24, 2.45) is 5.92 Å². The van der Waals surface area contributed by atoms with Crippen LogP contribution in [0.25, 0.3) is 0 Å². The Bertz CT molecular complexity index is 220. The molecule has 1 heterocycles. The van der Waals surface area contributed by atoms with Crippen LogP contribution in [0, 0.1) is 5.92 Å². The molecule has 3 unspecified atom stereocenters. The van der Waals surface area contributed by atoms with E-state index in [1.54, 1.807) is 0 Å². The Balaban J connectivity index is 1.81. The Morgan fingerprint density at radius 1 is 1.35 bits per heavy atom. The van der Waals surface area contributed by atoms with Gasteiger partial charge >= 0.3 is 0 Å². The predicted octanol–water partition coefficient (Wildman–Crippen LogP) is 1.88. The Morgan fingerprint density at radius 3 is 3.00 bits per heavy atom. The highest BCUT2D eigenvalue weighted by Crippen LogP contribution is 2.28. The Kier molecular flexibility index (Phi) is 5.26. The largest absolute Gasteiger partial charge is 0.375 e. The van der Waals surface area contributed by atoms with Crippen molar-refractivity contribution in [1.29, 1.82) is 0 Å². The molecule has 0 amide bonds. The van der Waals surface area contributed by atoms with Gasteiger partial charge in [-0.2, -0.15) is 0 Å². The van der Waals surface area contributed by atoms with Gasteiger partial charge in [-0.1, -0.05) is 26.7 Å². The van der Waals surface area contributed by atoms with Crippen LogP contribution in [0.15, 0.2) is 0 Å². The van der Waals surface area contributed by atoms with Crippen LogP contribution in [0.4, 0.5) is 0 Å². The molecule has 0 aromatic heterocycles. The SMILES string of the molecule is CCNCC(C)CN1CCOC2CCCCC21. The Hall–Kier alpha value is -0.120. The third-order valence-electron chi connectivity index (χ3n) is 4.14. The maximum atomic E-state index is 5.92. The monoisotopic (exact) mass is 240 g/mol. The highest BCUT2D eigenvalue weighted by molar-refractivity contribution is 4.87. The van der Waals surface area contributed by atoms with E-state index in [1.807, 2.05) is 0 Å². The summed E-state index contributed by atoms with van der Waals surface area (Å²) in [5.74, 6) is 0.746. The standard InChI is InChI=1S/C14H28N2O/c1-3-15-10-12(2)11-16-8-9-17-14-7-5-4-6-13(14)16/h12-15H,3-11H2,1-2H3. The molecule has 0 radical (unpaired) electrons. The summed E-state index contributed by atoms with van der Waals surface area (Å²) in [6, 6.07) is 0.710. The van der Waals surface area contributed by atoms with Gasteiger partial charge < -0.3 is 10.1 Å². The van der Waals surface area contributed by atoms with Crippen molar-refractivity contribution < 1.29 is 4.74 Å². The van der Waals surface area contributed by atoms with Crippen molar-refractivity contribution in [3.63, 3.8) is 0 Å². The molecule has 0 bridgehead atoms. The molecule has 2 fully saturated rings. The molecule has 1 N–H and O–H groups in total. The molecule has 2 rings (SSSR count). The summed E-state index contributed by atoms with van der Waals surface area (Å²) in [4.78, 5) is 2.69. The van der Waals surface area contributed by atoms with Crippen molar-refractivity contribution in [2.45, 2.75) is 51.7 Å². The Morgan fingerprint density at radius 2 is 2.18 bits per heavy atom. The van der Waals surface area contributed by atoms with Crippen LogP contribution in [0.5, 0.6) is 0 Å². The van der Waals surface area contributed by atoms with Crippen molar-refractivity contribution in [3.8, 4) is 0 Å².